The summed E-state index contributed by atoms with van der Waals surface area (Å²) in [5, 5.41) is 10.7. The Morgan fingerprint density at radius 3 is 2.84 bits per heavy atom. The number of aryl methyl sites for hydroxylation is 1. The van der Waals surface area contributed by atoms with E-state index in [1.54, 1.807) is 6.20 Å². The molecule has 1 aromatic heterocycles. The average molecular weight is 259 g/mol. The molecular formula is C13H17N5O. The topological polar surface area (TPSA) is 85.8 Å². The van der Waals surface area contributed by atoms with E-state index in [1.165, 1.54) is 4.68 Å². The van der Waals surface area contributed by atoms with E-state index in [1.807, 2.05) is 30.3 Å². The van der Waals surface area contributed by atoms with Crippen molar-refractivity contribution in [2.45, 2.75) is 19.4 Å². The summed E-state index contributed by atoms with van der Waals surface area (Å²) >= 11 is 0. The highest BCUT2D eigenvalue weighted by Gasteiger charge is 2.06. The minimum absolute atomic E-state index is 0.124. The molecule has 0 saturated heterocycles. The number of nitrogens with zero attached hydrogens (tertiary/aromatic N) is 3. The fourth-order valence-corrected chi connectivity index (χ4v) is 1.68. The van der Waals surface area contributed by atoms with Crippen molar-refractivity contribution >= 4 is 11.6 Å². The van der Waals surface area contributed by atoms with Gasteiger partial charge in [0.25, 0.3) is 0 Å². The zero-order valence-corrected chi connectivity index (χ0v) is 10.6. The number of amides is 1. The van der Waals surface area contributed by atoms with Crippen molar-refractivity contribution in [3.63, 3.8) is 0 Å². The van der Waals surface area contributed by atoms with Gasteiger partial charge in [-0.2, -0.15) is 0 Å². The molecule has 6 heteroatoms. The molecule has 0 aliphatic heterocycles. The van der Waals surface area contributed by atoms with Gasteiger partial charge in [-0.05, 0) is 31.5 Å². The molecule has 0 saturated carbocycles. The van der Waals surface area contributed by atoms with Crippen LogP contribution >= 0.6 is 0 Å². The molecule has 3 N–H and O–H groups in total. The van der Waals surface area contributed by atoms with Crippen molar-refractivity contribution in [3.8, 4) is 0 Å². The molecule has 2 aromatic rings. The number of anilines is 1. The highest BCUT2D eigenvalue weighted by Crippen LogP contribution is 2.05. The molecule has 0 radical (unpaired) electrons. The molecule has 0 bridgehead atoms. The number of benzene rings is 1. The summed E-state index contributed by atoms with van der Waals surface area (Å²) in [5.41, 5.74) is 7.06. The first kappa shape index (κ1) is 13.2. The summed E-state index contributed by atoms with van der Waals surface area (Å²) in [6, 6.07) is 9.32. The van der Waals surface area contributed by atoms with Crippen molar-refractivity contribution in [2.75, 3.05) is 11.9 Å². The SMILES string of the molecule is NCCCc1cn(CC(=O)Nc2ccccc2)nn1. The Hall–Kier alpha value is -2.21. The van der Waals surface area contributed by atoms with Crippen LogP contribution in [0.3, 0.4) is 0 Å². The van der Waals surface area contributed by atoms with Gasteiger partial charge in [0, 0.05) is 11.9 Å². The highest BCUT2D eigenvalue weighted by molar-refractivity contribution is 5.90. The smallest absolute Gasteiger partial charge is 0.246 e. The standard InChI is InChI=1S/C13H17N5O/c14-8-4-7-12-9-18(17-16-12)10-13(19)15-11-5-2-1-3-6-11/h1-3,5-6,9H,4,7-8,10,14H2,(H,15,19). The number of hydrogen-bond acceptors (Lipinski definition) is 4. The van der Waals surface area contributed by atoms with Gasteiger partial charge in [0.15, 0.2) is 0 Å². The lowest BCUT2D eigenvalue weighted by atomic mass is 10.2. The van der Waals surface area contributed by atoms with E-state index in [2.05, 4.69) is 15.6 Å². The number of aromatic nitrogens is 3. The Labute approximate surface area is 111 Å². The molecular weight excluding hydrogens is 242 g/mol. The van der Waals surface area contributed by atoms with Crippen LogP contribution in [-0.4, -0.2) is 27.4 Å². The van der Waals surface area contributed by atoms with Gasteiger partial charge in [-0.15, -0.1) is 5.10 Å². The molecule has 1 aromatic carbocycles. The second-order valence-electron chi connectivity index (χ2n) is 4.21. The van der Waals surface area contributed by atoms with Crippen LogP contribution in [0.15, 0.2) is 36.5 Å². The minimum atomic E-state index is -0.124. The molecule has 1 heterocycles. The monoisotopic (exact) mass is 259 g/mol. The van der Waals surface area contributed by atoms with E-state index in [0.717, 1.165) is 24.2 Å². The second-order valence-corrected chi connectivity index (χ2v) is 4.21. The first-order valence-corrected chi connectivity index (χ1v) is 6.22. The number of carbonyl (C=O) groups excluding carboxylic acids is 1. The number of hydrogen-bond donors (Lipinski definition) is 2. The predicted octanol–water partition coefficient (Wildman–Crippen LogP) is 0.808. The second kappa shape index (κ2) is 6.65. The lowest BCUT2D eigenvalue weighted by molar-refractivity contribution is -0.116. The number of nitrogens with one attached hydrogen (secondary N) is 1. The van der Waals surface area contributed by atoms with Gasteiger partial charge in [-0.25, -0.2) is 4.68 Å². The van der Waals surface area contributed by atoms with Crippen LogP contribution in [0.1, 0.15) is 12.1 Å². The zero-order valence-electron chi connectivity index (χ0n) is 10.6. The maximum absolute atomic E-state index is 11.8. The van der Waals surface area contributed by atoms with Gasteiger partial charge in [-0.1, -0.05) is 23.4 Å². The van der Waals surface area contributed by atoms with Crippen molar-refractivity contribution in [3.05, 3.63) is 42.2 Å². The number of nitrogens with two attached hydrogens (primary N) is 1. The molecule has 2 rings (SSSR count). The Balaban J connectivity index is 1.86. The van der Waals surface area contributed by atoms with Crippen molar-refractivity contribution < 1.29 is 4.79 Å². The predicted molar refractivity (Wildman–Crippen MR) is 72.5 cm³/mol. The number of carbonyl (C=O) groups is 1. The quantitative estimate of drug-likeness (QED) is 0.803. The summed E-state index contributed by atoms with van der Waals surface area (Å²) < 4.78 is 1.53. The molecule has 0 fully saturated rings. The van der Waals surface area contributed by atoms with Crippen LogP contribution in [0, 0.1) is 0 Å². The van der Waals surface area contributed by atoms with E-state index < -0.39 is 0 Å². The summed E-state index contributed by atoms with van der Waals surface area (Å²) in [6.07, 6.45) is 3.44. The summed E-state index contributed by atoms with van der Waals surface area (Å²) in [4.78, 5) is 11.8. The Bertz CT molecular complexity index is 523. The number of rotatable bonds is 6. The molecule has 19 heavy (non-hydrogen) atoms. The third kappa shape index (κ3) is 4.18. The van der Waals surface area contributed by atoms with Gasteiger partial charge in [0.05, 0.1) is 5.69 Å². The van der Waals surface area contributed by atoms with Crippen LogP contribution in [0.25, 0.3) is 0 Å². The molecule has 0 atom stereocenters. The maximum atomic E-state index is 11.8. The van der Waals surface area contributed by atoms with Gasteiger partial charge in [-0.3, -0.25) is 4.79 Å². The molecule has 100 valence electrons. The van der Waals surface area contributed by atoms with E-state index in [4.69, 9.17) is 5.73 Å². The largest absolute Gasteiger partial charge is 0.330 e. The first-order chi connectivity index (χ1) is 9.28. The lowest BCUT2D eigenvalue weighted by Crippen LogP contribution is -2.19. The Morgan fingerprint density at radius 1 is 1.32 bits per heavy atom. The molecule has 0 spiro atoms. The van der Waals surface area contributed by atoms with Crippen molar-refractivity contribution in [1.82, 2.24) is 15.0 Å². The van der Waals surface area contributed by atoms with Crippen LogP contribution in [0.4, 0.5) is 5.69 Å². The van der Waals surface area contributed by atoms with Gasteiger partial charge in [0.2, 0.25) is 5.91 Å². The van der Waals surface area contributed by atoms with Crippen LogP contribution in [-0.2, 0) is 17.8 Å². The van der Waals surface area contributed by atoms with E-state index in [9.17, 15) is 4.79 Å². The fourth-order valence-electron chi connectivity index (χ4n) is 1.68. The molecule has 0 aliphatic carbocycles. The molecule has 6 nitrogen and oxygen atoms in total. The molecule has 0 unspecified atom stereocenters. The molecule has 0 aliphatic rings. The average Bonchev–Trinajstić information content (AvgIpc) is 2.85. The first-order valence-electron chi connectivity index (χ1n) is 6.22. The van der Waals surface area contributed by atoms with Crippen molar-refractivity contribution in [2.24, 2.45) is 5.73 Å². The van der Waals surface area contributed by atoms with Gasteiger partial charge >= 0.3 is 0 Å². The summed E-state index contributed by atoms with van der Waals surface area (Å²) in [7, 11) is 0. The van der Waals surface area contributed by atoms with Crippen LogP contribution < -0.4 is 11.1 Å². The summed E-state index contributed by atoms with van der Waals surface area (Å²) in [5.74, 6) is -0.124. The Morgan fingerprint density at radius 2 is 2.11 bits per heavy atom. The van der Waals surface area contributed by atoms with Gasteiger partial charge < -0.3 is 11.1 Å². The zero-order chi connectivity index (χ0) is 13.5. The molecule has 1 amide bonds. The van der Waals surface area contributed by atoms with Crippen LogP contribution in [0.2, 0.25) is 0 Å². The van der Waals surface area contributed by atoms with Crippen molar-refractivity contribution in [1.29, 1.82) is 0 Å². The summed E-state index contributed by atoms with van der Waals surface area (Å²) in [6.45, 7) is 0.784. The van der Waals surface area contributed by atoms with E-state index in [-0.39, 0.29) is 12.5 Å². The number of para-hydroxylation sites is 1. The van der Waals surface area contributed by atoms with Gasteiger partial charge in [0.1, 0.15) is 6.54 Å². The third-order valence-corrected chi connectivity index (χ3v) is 2.59. The highest BCUT2D eigenvalue weighted by atomic mass is 16.2. The van der Waals surface area contributed by atoms with E-state index in [0.29, 0.717) is 6.54 Å². The lowest BCUT2D eigenvalue weighted by Gasteiger charge is -2.04. The Kier molecular flexibility index (Phi) is 4.63. The van der Waals surface area contributed by atoms with E-state index >= 15 is 0 Å². The normalized spacial score (nSPS) is 10.4. The maximum Gasteiger partial charge on any atom is 0.246 e. The van der Waals surface area contributed by atoms with Crippen LogP contribution in [0.5, 0.6) is 0 Å². The third-order valence-electron chi connectivity index (χ3n) is 2.59. The minimum Gasteiger partial charge on any atom is -0.330 e. The fraction of sp³-hybridized carbons (Fsp3) is 0.308.